The molecular formula is C17H20N4O2S. The molecular weight excluding hydrogens is 324 g/mol. The summed E-state index contributed by atoms with van der Waals surface area (Å²) in [6.07, 6.45) is 1.82. The summed E-state index contributed by atoms with van der Waals surface area (Å²) in [6, 6.07) is 14.7. The van der Waals surface area contributed by atoms with Gasteiger partial charge in [0.2, 0.25) is 10.0 Å². The predicted octanol–water partition coefficient (Wildman–Crippen LogP) is 2.51. The van der Waals surface area contributed by atoms with Crippen LogP contribution in [-0.2, 0) is 10.0 Å². The Morgan fingerprint density at radius 3 is 2.50 bits per heavy atom. The van der Waals surface area contributed by atoms with Gasteiger partial charge in [0.1, 0.15) is 0 Å². The highest BCUT2D eigenvalue weighted by atomic mass is 32.2. The Morgan fingerprint density at radius 1 is 1.04 bits per heavy atom. The number of rotatable bonds is 6. The summed E-state index contributed by atoms with van der Waals surface area (Å²) >= 11 is 0. The van der Waals surface area contributed by atoms with Gasteiger partial charge in [-0.3, -0.25) is 4.40 Å². The fourth-order valence-electron chi connectivity index (χ4n) is 2.73. The lowest BCUT2D eigenvalue weighted by molar-refractivity contribution is 0.553. The van der Waals surface area contributed by atoms with E-state index in [-0.39, 0.29) is 11.7 Å². The number of aromatic nitrogens is 3. The van der Waals surface area contributed by atoms with Gasteiger partial charge >= 0.3 is 0 Å². The van der Waals surface area contributed by atoms with E-state index in [1.165, 1.54) is 0 Å². The second-order valence-corrected chi connectivity index (χ2v) is 7.72. The summed E-state index contributed by atoms with van der Waals surface area (Å²) in [4.78, 5) is 0. The first-order valence-corrected chi connectivity index (χ1v) is 9.46. The molecule has 0 bridgehead atoms. The smallest absolute Gasteiger partial charge is 0.212 e. The van der Waals surface area contributed by atoms with Gasteiger partial charge in [-0.2, -0.15) is 0 Å². The Kier molecular flexibility index (Phi) is 4.64. The molecule has 0 saturated carbocycles. The lowest BCUT2D eigenvalue weighted by Crippen LogP contribution is -2.31. The summed E-state index contributed by atoms with van der Waals surface area (Å²) < 4.78 is 29.5. The summed E-state index contributed by atoms with van der Waals surface area (Å²) in [7, 11) is -3.45. The molecule has 0 spiro atoms. The van der Waals surface area contributed by atoms with Crippen LogP contribution >= 0.6 is 0 Å². The third kappa shape index (κ3) is 3.63. The standard InChI is InChI=1S/C17H20N4O2S/c1-13(15-8-4-3-5-9-15)12-24(22,23)20-14(2)17-19-18-16-10-6-7-11-21(16)17/h3-11,13-14,20H,12H2,1-2H3/t13-,14+/m1/s1. The average Bonchev–Trinajstić information content (AvgIpc) is 2.99. The molecule has 126 valence electrons. The van der Waals surface area contributed by atoms with E-state index < -0.39 is 16.1 Å². The number of hydrogen-bond donors (Lipinski definition) is 1. The minimum absolute atomic E-state index is 0.0259. The Balaban J connectivity index is 1.74. The molecule has 0 aliphatic rings. The maximum atomic E-state index is 12.5. The number of fused-ring (bicyclic) bond motifs is 1. The average molecular weight is 344 g/mol. The largest absolute Gasteiger partial charge is 0.285 e. The van der Waals surface area contributed by atoms with E-state index in [1.54, 1.807) is 11.3 Å². The highest BCUT2D eigenvalue weighted by Gasteiger charge is 2.22. The third-order valence-corrected chi connectivity index (χ3v) is 5.57. The molecule has 1 aromatic carbocycles. The van der Waals surface area contributed by atoms with E-state index in [4.69, 9.17) is 0 Å². The van der Waals surface area contributed by atoms with Crippen LogP contribution in [-0.4, -0.2) is 28.8 Å². The van der Waals surface area contributed by atoms with Gasteiger partial charge in [0.05, 0.1) is 11.8 Å². The zero-order chi connectivity index (χ0) is 17.2. The molecule has 2 aromatic heterocycles. The Labute approximate surface area is 141 Å². The van der Waals surface area contributed by atoms with Crippen molar-refractivity contribution in [3.63, 3.8) is 0 Å². The maximum Gasteiger partial charge on any atom is 0.212 e. The SMILES string of the molecule is C[C@H](CS(=O)(=O)N[C@@H](C)c1nnc2ccccn12)c1ccccc1. The Morgan fingerprint density at radius 2 is 1.75 bits per heavy atom. The van der Waals surface area contributed by atoms with Gasteiger partial charge in [0.15, 0.2) is 11.5 Å². The van der Waals surface area contributed by atoms with Crippen LogP contribution < -0.4 is 4.72 Å². The van der Waals surface area contributed by atoms with Crippen LogP contribution in [0, 0.1) is 0 Å². The van der Waals surface area contributed by atoms with Crippen molar-refractivity contribution >= 4 is 15.7 Å². The third-order valence-electron chi connectivity index (χ3n) is 3.92. The zero-order valence-corrected chi connectivity index (χ0v) is 14.4. The van der Waals surface area contributed by atoms with E-state index >= 15 is 0 Å². The lowest BCUT2D eigenvalue weighted by Gasteiger charge is -2.16. The molecule has 1 N–H and O–H groups in total. The second-order valence-electron chi connectivity index (χ2n) is 5.92. The van der Waals surface area contributed by atoms with E-state index in [0.29, 0.717) is 11.5 Å². The van der Waals surface area contributed by atoms with Gasteiger partial charge in [0.25, 0.3) is 0 Å². The molecule has 0 radical (unpaired) electrons. The Bertz CT molecular complexity index is 922. The number of benzene rings is 1. The van der Waals surface area contributed by atoms with Gasteiger partial charge < -0.3 is 0 Å². The van der Waals surface area contributed by atoms with Gasteiger partial charge in [0, 0.05) is 6.20 Å². The van der Waals surface area contributed by atoms with E-state index in [0.717, 1.165) is 5.56 Å². The van der Waals surface area contributed by atoms with Crippen molar-refractivity contribution in [3.8, 4) is 0 Å². The summed E-state index contributed by atoms with van der Waals surface area (Å²) in [5, 5.41) is 8.16. The molecule has 6 nitrogen and oxygen atoms in total. The first kappa shape index (κ1) is 16.6. The zero-order valence-electron chi connectivity index (χ0n) is 13.6. The monoisotopic (exact) mass is 344 g/mol. The maximum absolute atomic E-state index is 12.5. The van der Waals surface area contributed by atoms with Crippen molar-refractivity contribution < 1.29 is 8.42 Å². The number of sulfonamides is 1. The minimum Gasteiger partial charge on any atom is -0.285 e. The van der Waals surface area contributed by atoms with Crippen LogP contribution in [0.5, 0.6) is 0 Å². The minimum atomic E-state index is -3.45. The molecule has 2 atom stereocenters. The Hall–Kier alpha value is -2.25. The molecule has 2 heterocycles. The number of nitrogens with one attached hydrogen (secondary N) is 1. The molecule has 0 amide bonds. The fraction of sp³-hybridized carbons (Fsp3) is 0.294. The summed E-state index contributed by atoms with van der Waals surface area (Å²) in [5.74, 6) is 0.505. The quantitative estimate of drug-likeness (QED) is 0.745. The van der Waals surface area contributed by atoms with Crippen molar-refractivity contribution in [1.82, 2.24) is 19.3 Å². The van der Waals surface area contributed by atoms with Gasteiger partial charge in [-0.05, 0) is 30.5 Å². The second kappa shape index (κ2) is 6.70. The van der Waals surface area contributed by atoms with Crippen molar-refractivity contribution in [1.29, 1.82) is 0 Å². The van der Waals surface area contributed by atoms with Crippen molar-refractivity contribution in [2.24, 2.45) is 0 Å². The van der Waals surface area contributed by atoms with Crippen LogP contribution in [0.15, 0.2) is 54.7 Å². The van der Waals surface area contributed by atoms with Crippen molar-refractivity contribution in [3.05, 3.63) is 66.1 Å². The van der Waals surface area contributed by atoms with Crippen LogP contribution in [0.3, 0.4) is 0 Å². The topological polar surface area (TPSA) is 76.4 Å². The van der Waals surface area contributed by atoms with E-state index in [1.807, 2.05) is 61.7 Å². The van der Waals surface area contributed by atoms with Crippen LogP contribution in [0.2, 0.25) is 0 Å². The van der Waals surface area contributed by atoms with Gasteiger partial charge in [-0.15, -0.1) is 10.2 Å². The number of hydrogen-bond acceptors (Lipinski definition) is 4. The molecule has 3 rings (SSSR count). The number of pyridine rings is 1. The molecule has 3 aromatic rings. The molecule has 7 heteroatoms. The highest BCUT2D eigenvalue weighted by molar-refractivity contribution is 7.89. The molecule has 24 heavy (non-hydrogen) atoms. The van der Waals surface area contributed by atoms with Crippen LogP contribution in [0.4, 0.5) is 0 Å². The van der Waals surface area contributed by atoms with Gasteiger partial charge in [-0.1, -0.05) is 43.3 Å². The number of nitrogens with zero attached hydrogens (tertiary/aromatic N) is 3. The normalized spacial score (nSPS) is 14.6. The van der Waals surface area contributed by atoms with Crippen LogP contribution in [0.25, 0.3) is 5.65 Å². The first-order chi connectivity index (χ1) is 11.5. The molecule has 0 aliphatic carbocycles. The van der Waals surface area contributed by atoms with E-state index in [2.05, 4.69) is 14.9 Å². The lowest BCUT2D eigenvalue weighted by atomic mass is 10.0. The molecule has 0 unspecified atom stereocenters. The summed E-state index contributed by atoms with van der Waals surface area (Å²) in [5.41, 5.74) is 1.69. The predicted molar refractivity (Wildman–Crippen MR) is 93.2 cm³/mol. The first-order valence-electron chi connectivity index (χ1n) is 7.81. The van der Waals surface area contributed by atoms with E-state index in [9.17, 15) is 8.42 Å². The van der Waals surface area contributed by atoms with Gasteiger partial charge in [-0.25, -0.2) is 13.1 Å². The highest BCUT2D eigenvalue weighted by Crippen LogP contribution is 2.18. The van der Waals surface area contributed by atoms with Crippen LogP contribution in [0.1, 0.15) is 37.2 Å². The molecule has 0 fully saturated rings. The molecule has 0 aliphatic heterocycles. The summed E-state index contributed by atoms with van der Waals surface area (Å²) in [6.45, 7) is 3.68. The fourth-order valence-corrected chi connectivity index (χ4v) is 4.32. The molecule has 0 saturated heterocycles. The van der Waals surface area contributed by atoms with Crippen molar-refractivity contribution in [2.45, 2.75) is 25.8 Å². The van der Waals surface area contributed by atoms with Crippen molar-refractivity contribution in [2.75, 3.05) is 5.75 Å².